The first-order valence-corrected chi connectivity index (χ1v) is 5.85. The average molecular weight is 221 g/mol. The molecule has 0 saturated heterocycles. The highest BCUT2D eigenvalue weighted by molar-refractivity contribution is 6.19. The van der Waals surface area contributed by atoms with Crippen molar-refractivity contribution < 1.29 is 0 Å². The van der Waals surface area contributed by atoms with Crippen LogP contribution in [0.5, 0.6) is 0 Å². The molecule has 0 spiro atoms. The summed E-state index contributed by atoms with van der Waals surface area (Å²) in [6.45, 7) is 2.03. The lowest BCUT2D eigenvalue weighted by Gasteiger charge is -2.00. The fraction of sp³-hybridized carbons (Fsp3) is 0.636. The van der Waals surface area contributed by atoms with E-state index in [1.807, 2.05) is 6.92 Å². The first-order valence-electron chi connectivity index (χ1n) is 4.78. The van der Waals surface area contributed by atoms with E-state index in [0.717, 1.165) is 18.7 Å². The molecule has 13 heavy (non-hydrogen) atoms. The van der Waals surface area contributed by atoms with Crippen molar-refractivity contribution in [3.8, 4) is 0 Å². The number of hydrogen-bond donors (Lipinski definition) is 0. The first kappa shape index (κ1) is 13.1. The predicted molar refractivity (Wildman–Crippen MR) is 62.8 cm³/mol. The number of alkyl halides is 2. The molecule has 0 bridgehead atoms. The van der Waals surface area contributed by atoms with Crippen LogP contribution in [0.4, 0.5) is 0 Å². The number of unbranched alkanes of at least 4 members (excludes halogenated alkanes) is 2. The maximum absolute atomic E-state index is 5.64. The number of hydrogen-bond acceptors (Lipinski definition) is 0. The molecule has 0 aliphatic heterocycles. The molecule has 0 radical (unpaired) electrons. The van der Waals surface area contributed by atoms with Crippen LogP contribution in [0.2, 0.25) is 0 Å². The van der Waals surface area contributed by atoms with E-state index in [1.165, 1.54) is 18.4 Å². The van der Waals surface area contributed by atoms with Gasteiger partial charge >= 0.3 is 0 Å². The van der Waals surface area contributed by atoms with Gasteiger partial charge in [0.15, 0.2) is 0 Å². The summed E-state index contributed by atoms with van der Waals surface area (Å²) in [5, 5.41) is 0. The van der Waals surface area contributed by atoms with E-state index in [9.17, 15) is 0 Å². The molecule has 0 N–H and O–H groups in total. The van der Waals surface area contributed by atoms with Crippen molar-refractivity contribution in [2.75, 3.05) is 11.8 Å². The molecule has 0 rings (SSSR count). The zero-order chi connectivity index (χ0) is 9.94. The highest BCUT2D eigenvalue weighted by Gasteiger charge is 1.92. The average Bonchev–Trinajstić information content (AvgIpc) is 2.13. The molecule has 2 heteroatoms. The van der Waals surface area contributed by atoms with E-state index in [1.54, 1.807) is 0 Å². The molecule has 0 amide bonds. The van der Waals surface area contributed by atoms with Gasteiger partial charge in [-0.25, -0.2) is 0 Å². The molecule has 0 unspecified atom stereocenters. The van der Waals surface area contributed by atoms with Crippen molar-refractivity contribution >= 4 is 23.2 Å². The molecule has 0 aromatic rings. The number of rotatable bonds is 7. The van der Waals surface area contributed by atoms with Crippen molar-refractivity contribution in [2.24, 2.45) is 0 Å². The minimum atomic E-state index is 0.606. The standard InChI is InChI=1S/C11H18Cl2/c1-2-6-11(8-10-13)7-4-3-5-9-12/h2,6,8H,3-5,7,9-10H2,1H3. The van der Waals surface area contributed by atoms with Crippen molar-refractivity contribution in [1.29, 1.82) is 0 Å². The van der Waals surface area contributed by atoms with Crippen LogP contribution in [-0.2, 0) is 0 Å². The second-order valence-corrected chi connectivity index (χ2v) is 3.62. The molecule has 0 aliphatic rings. The van der Waals surface area contributed by atoms with Crippen LogP contribution in [0.1, 0.15) is 32.6 Å². The van der Waals surface area contributed by atoms with E-state index in [2.05, 4.69) is 18.2 Å². The third-order valence-electron chi connectivity index (χ3n) is 1.82. The minimum absolute atomic E-state index is 0.606. The van der Waals surface area contributed by atoms with Crippen molar-refractivity contribution in [2.45, 2.75) is 32.6 Å². The van der Waals surface area contributed by atoms with Crippen LogP contribution in [0.15, 0.2) is 23.8 Å². The van der Waals surface area contributed by atoms with Crippen LogP contribution >= 0.6 is 23.2 Å². The molecule has 0 aromatic heterocycles. The second-order valence-electron chi connectivity index (χ2n) is 2.93. The molecule has 0 heterocycles. The van der Waals surface area contributed by atoms with Gasteiger partial charge in [0.05, 0.1) is 0 Å². The highest BCUT2D eigenvalue weighted by atomic mass is 35.5. The van der Waals surface area contributed by atoms with Gasteiger partial charge in [0.2, 0.25) is 0 Å². The molecule has 0 fully saturated rings. The normalized spacial score (nSPS) is 12.7. The Morgan fingerprint density at radius 1 is 1.15 bits per heavy atom. The summed E-state index contributed by atoms with van der Waals surface area (Å²) >= 11 is 11.2. The summed E-state index contributed by atoms with van der Waals surface area (Å²) < 4.78 is 0. The minimum Gasteiger partial charge on any atom is -0.127 e. The van der Waals surface area contributed by atoms with Gasteiger partial charge in [0.1, 0.15) is 0 Å². The zero-order valence-electron chi connectivity index (χ0n) is 8.23. The zero-order valence-corrected chi connectivity index (χ0v) is 9.74. The molecule has 0 aromatic carbocycles. The first-order chi connectivity index (χ1) is 6.35. The van der Waals surface area contributed by atoms with E-state index in [4.69, 9.17) is 23.2 Å². The third kappa shape index (κ3) is 8.39. The molecular weight excluding hydrogens is 203 g/mol. The summed E-state index contributed by atoms with van der Waals surface area (Å²) in [5.41, 5.74) is 1.34. The van der Waals surface area contributed by atoms with Crippen LogP contribution in [0.25, 0.3) is 0 Å². The summed E-state index contributed by atoms with van der Waals surface area (Å²) in [7, 11) is 0. The number of allylic oxidation sites excluding steroid dienone is 4. The lowest BCUT2D eigenvalue weighted by Crippen LogP contribution is -1.83. The lowest BCUT2D eigenvalue weighted by molar-refractivity contribution is 0.722. The summed E-state index contributed by atoms with van der Waals surface area (Å²) in [6, 6.07) is 0. The van der Waals surface area contributed by atoms with Crippen molar-refractivity contribution in [3.63, 3.8) is 0 Å². The maximum atomic E-state index is 5.64. The van der Waals surface area contributed by atoms with Crippen LogP contribution in [-0.4, -0.2) is 11.8 Å². The van der Waals surface area contributed by atoms with Gasteiger partial charge in [-0.2, -0.15) is 0 Å². The molecule has 76 valence electrons. The maximum Gasteiger partial charge on any atom is 0.0409 e. The van der Waals surface area contributed by atoms with Gasteiger partial charge in [-0.15, -0.1) is 23.2 Å². The van der Waals surface area contributed by atoms with Crippen LogP contribution < -0.4 is 0 Å². The Morgan fingerprint density at radius 2 is 1.92 bits per heavy atom. The predicted octanol–water partition coefficient (Wildman–Crippen LogP) is 4.53. The Kier molecular flexibility index (Phi) is 10.2. The Balaban J connectivity index is 3.64. The Hall–Kier alpha value is 0.0600. The molecule has 0 nitrogen and oxygen atoms in total. The summed E-state index contributed by atoms with van der Waals surface area (Å²) in [6.07, 6.45) is 10.9. The molecule has 0 aliphatic carbocycles. The van der Waals surface area contributed by atoms with Gasteiger partial charge in [-0.1, -0.05) is 30.2 Å². The fourth-order valence-electron chi connectivity index (χ4n) is 1.17. The Morgan fingerprint density at radius 3 is 2.46 bits per heavy atom. The smallest absolute Gasteiger partial charge is 0.0409 e. The van der Waals surface area contributed by atoms with Crippen LogP contribution in [0.3, 0.4) is 0 Å². The molecule has 0 saturated carbocycles. The van der Waals surface area contributed by atoms with E-state index in [-0.39, 0.29) is 0 Å². The quantitative estimate of drug-likeness (QED) is 0.336. The monoisotopic (exact) mass is 220 g/mol. The number of halogens is 2. The topological polar surface area (TPSA) is 0 Å². The Labute approximate surface area is 91.6 Å². The van der Waals surface area contributed by atoms with Gasteiger partial charge < -0.3 is 0 Å². The van der Waals surface area contributed by atoms with Gasteiger partial charge in [0, 0.05) is 11.8 Å². The summed E-state index contributed by atoms with van der Waals surface area (Å²) in [4.78, 5) is 0. The van der Waals surface area contributed by atoms with Gasteiger partial charge in [0.25, 0.3) is 0 Å². The third-order valence-corrected chi connectivity index (χ3v) is 2.24. The van der Waals surface area contributed by atoms with Crippen molar-refractivity contribution in [3.05, 3.63) is 23.8 Å². The highest BCUT2D eigenvalue weighted by Crippen LogP contribution is 2.11. The molecule has 0 atom stereocenters. The largest absolute Gasteiger partial charge is 0.127 e. The van der Waals surface area contributed by atoms with Gasteiger partial charge in [-0.05, 0) is 26.2 Å². The van der Waals surface area contributed by atoms with Crippen molar-refractivity contribution in [1.82, 2.24) is 0 Å². The van der Waals surface area contributed by atoms with Crippen LogP contribution in [0, 0.1) is 0 Å². The van der Waals surface area contributed by atoms with E-state index >= 15 is 0 Å². The molecular formula is C11H18Cl2. The lowest BCUT2D eigenvalue weighted by atomic mass is 10.1. The van der Waals surface area contributed by atoms with E-state index < -0.39 is 0 Å². The van der Waals surface area contributed by atoms with E-state index in [0.29, 0.717) is 5.88 Å². The summed E-state index contributed by atoms with van der Waals surface area (Å²) in [5.74, 6) is 1.38. The fourth-order valence-corrected chi connectivity index (χ4v) is 1.55. The van der Waals surface area contributed by atoms with Gasteiger partial charge in [-0.3, -0.25) is 0 Å². The Bertz CT molecular complexity index is 159. The second kappa shape index (κ2) is 10.1. The SMILES string of the molecule is CC=CC(=CCCl)CCCCCCl.